The fourth-order valence-corrected chi connectivity index (χ4v) is 2.27. The van der Waals surface area contributed by atoms with E-state index in [4.69, 9.17) is 5.26 Å². The maximum absolute atomic E-state index is 12.5. The lowest BCUT2D eigenvalue weighted by Crippen LogP contribution is -2.32. The minimum atomic E-state index is 0.0628. The molecule has 3 heteroatoms. The lowest BCUT2D eigenvalue weighted by Gasteiger charge is -2.21. The van der Waals surface area contributed by atoms with Crippen molar-refractivity contribution in [2.24, 2.45) is 0 Å². The molecule has 2 aromatic carbocycles. The average Bonchev–Trinajstić information content (AvgIpc) is 2.49. The van der Waals surface area contributed by atoms with E-state index in [-0.39, 0.29) is 5.91 Å². The molecule has 0 aliphatic carbocycles. The normalized spacial score (nSPS) is 9.95. The molecule has 0 aliphatic heterocycles. The smallest absolute Gasteiger partial charge is 0.231 e. The van der Waals surface area contributed by atoms with Crippen LogP contribution in [-0.2, 0) is 11.2 Å². The monoisotopic (exact) mass is 278 g/mol. The standard InChI is InChI=1S/C18H18N2O/c1-3-20(17-6-4-5-14(2)11-17)18(21)12-15-7-9-16(13-19)10-8-15/h4-11H,3,12H2,1-2H3. The third-order valence-corrected chi connectivity index (χ3v) is 3.37. The number of aryl methyl sites for hydroxylation is 1. The molecule has 0 saturated carbocycles. The molecule has 0 aliphatic rings. The van der Waals surface area contributed by atoms with Crippen molar-refractivity contribution in [3.05, 3.63) is 65.2 Å². The van der Waals surface area contributed by atoms with Gasteiger partial charge in [0.1, 0.15) is 0 Å². The van der Waals surface area contributed by atoms with Crippen molar-refractivity contribution in [2.45, 2.75) is 20.3 Å². The van der Waals surface area contributed by atoms with Crippen molar-refractivity contribution in [1.29, 1.82) is 5.26 Å². The Morgan fingerprint density at radius 1 is 1.19 bits per heavy atom. The number of carbonyl (C=O) groups is 1. The van der Waals surface area contributed by atoms with Crippen LogP contribution < -0.4 is 4.90 Å². The molecule has 0 spiro atoms. The fourth-order valence-electron chi connectivity index (χ4n) is 2.27. The third-order valence-electron chi connectivity index (χ3n) is 3.37. The summed E-state index contributed by atoms with van der Waals surface area (Å²) in [5.74, 6) is 0.0628. The van der Waals surface area contributed by atoms with Gasteiger partial charge in [-0.05, 0) is 49.2 Å². The minimum absolute atomic E-state index is 0.0628. The largest absolute Gasteiger partial charge is 0.312 e. The van der Waals surface area contributed by atoms with Crippen LogP contribution >= 0.6 is 0 Å². The zero-order valence-corrected chi connectivity index (χ0v) is 12.3. The number of carbonyl (C=O) groups excluding carboxylic acids is 1. The number of anilines is 1. The highest BCUT2D eigenvalue weighted by molar-refractivity contribution is 5.94. The van der Waals surface area contributed by atoms with Crippen LogP contribution in [0.1, 0.15) is 23.6 Å². The molecule has 0 saturated heterocycles. The zero-order valence-electron chi connectivity index (χ0n) is 12.3. The Hall–Kier alpha value is -2.60. The zero-order chi connectivity index (χ0) is 15.2. The van der Waals surface area contributed by atoms with Gasteiger partial charge in [-0.15, -0.1) is 0 Å². The van der Waals surface area contributed by atoms with Gasteiger partial charge in [0, 0.05) is 12.2 Å². The molecular weight excluding hydrogens is 260 g/mol. The molecule has 1 amide bonds. The van der Waals surface area contributed by atoms with Gasteiger partial charge in [0.2, 0.25) is 5.91 Å². The Kier molecular flexibility index (Phi) is 4.73. The number of hydrogen-bond acceptors (Lipinski definition) is 2. The quantitative estimate of drug-likeness (QED) is 0.859. The Labute approximate surface area is 125 Å². The highest BCUT2D eigenvalue weighted by Gasteiger charge is 2.14. The molecule has 21 heavy (non-hydrogen) atoms. The van der Waals surface area contributed by atoms with Gasteiger partial charge in [0.25, 0.3) is 0 Å². The van der Waals surface area contributed by atoms with Gasteiger partial charge in [-0.25, -0.2) is 0 Å². The SMILES string of the molecule is CCN(C(=O)Cc1ccc(C#N)cc1)c1cccc(C)c1. The first-order chi connectivity index (χ1) is 10.1. The number of amides is 1. The summed E-state index contributed by atoms with van der Waals surface area (Å²) in [6.07, 6.45) is 0.341. The van der Waals surface area contributed by atoms with Gasteiger partial charge in [0.05, 0.1) is 18.1 Å². The van der Waals surface area contributed by atoms with E-state index in [2.05, 4.69) is 6.07 Å². The number of benzene rings is 2. The average molecular weight is 278 g/mol. The van der Waals surface area contributed by atoms with Crippen LogP contribution in [0.5, 0.6) is 0 Å². The van der Waals surface area contributed by atoms with Crippen LogP contribution in [0.15, 0.2) is 48.5 Å². The summed E-state index contributed by atoms with van der Waals surface area (Å²) in [5, 5.41) is 8.79. The van der Waals surface area contributed by atoms with Gasteiger partial charge in [-0.3, -0.25) is 4.79 Å². The van der Waals surface area contributed by atoms with Crippen LogP contribution in [0.3, 0.4) is 0 Å². The van der Waals surface area contributed by atoms with E-state index >= 15 is 0 Å². The molecule has 0 heterocycles. The van der Waals surface area contributed by atoms with Gasteiger partial charge in [-0.2, -0.15) is 5.26 Å². The van der Waals surface area contributed by atoms with Crippen LogP contribution in [0.4, 0.5) is 5.69 Å². The highest BCUT2D eigenvalue weighted by Crippen LogP contribution is 2.17. The summed E-state index contributed by atoms with van der Waals surface area (Å²) >= 11 is 0. The van der Waals surface area contributed by atoms with E-state index in [9.17, 15) is 4.79 Å². The molecule has 0 unspecified atom stereocenters. The molecule has 0 N–H and O–H groups in total. The molecular formula is C18H18N2O. The van der Waals surface area contributed by atoms with Gasteiger partial charge < -0.3 is 4.90 Å². The van der Waals surface area contributed by atoms with Crippen molar-refractivity contribution >= 4 is 11.6 Å². The fraction of sp³-hybridized carbons (Fsp3) is 0.222. The maximum atomic E-state index is 12.5. The summed E-state index contributed by atoms with van der Waals surface area (Å²) in [4.78, 5) is 14.3. The van der Waals surface area contributed by atoms with Crippen molar-refractivity contribution in [2.75, 3.05) is 11.4 Å². The van der Waals surface area contributed by atoms with E-state index in [0.717, 1.165) is 16.8 Å². The summed E-state index contributed by atoms with van der Waals surface area (Å²) in [6.45, 7) is 4.63. The molecule has 106 valence electrons. The van der Waals surface area contributed by atoms with Crippen LogP contribution in [0.25, 0.3) is 0 Å². The van der Waals surface area contributed by atoms with E-state index in [0.29, 0.717) is 18.5 Å². The summed E-state index contributed by atoms with van der Waals surface area (Å²) in [6, 6.07) is 17.2. The van der Waals surface area contributed by atoms with E-state index in [1.54, 1.807) is 17.0 Å². The highest BCUT2D eigenvalue weighted by atomic mass is 16.2. The van der Waals surface area contributed by atoms with Crippen LogP contribution in [0.2, 0.25) is 0 Å². The predicted octanol–water partition coefficient (Wildman–Crippen LogP) is 3.46. The molecule has 2 aromatic rings. The van der Waals surface area contributed by atoms with Gasteiger partial charge >= 0.3 is 0 Å². The first kappa shape index (κ1) is 14.8. The van der Waals surface area contributed by atoms with Crippen molar-refractivity contribution in [1.82, 2.24) is 0 Å². The maximum Gasteiger partial charge on any atom is 0.231 e. The first-order valence-corrected chi connectivity index (χ1v) is 7.00. The summed E-state index contributed by atoms with van der Waals surface area (Å²) < 4.78 is 0. The van der Waals surface area contributed by atoms with E-state index in [1.807, 2.05) is 50.2 Å². The van der Waals surface area contributed by atoms with Crippen molar-refractivity contribution < 1.29 is 4.79 Å². The molecule has 2 rings (SSSR count). The number of nitrogens with zero attached hydrogens (tertiary/aromatic N) is 2. The number of hydrogen-bond donors (Lipinski definition) is 0. The summed E-state index contributed by atoms with van der Waals surface area (Å²) in [5.41, 5.74) is 3.59. The Morgan fingerprint density at radius 2 is 1.90 bits per heavy atom. The Balaban J connectivity index is 2.15. The predicted molar refractivity (Wildman–Crippen MR) is 84.1 cm³/mol. The summed E-state index contributed by atoms with van der Waals surface area (Å²) in [7, 11) is 0. The van der Waals surface area contributed by atoms with E-state index < -0.39 is 0 Å². The number of rotatable bonds is 4. The second kappa shape index (κ2) is 6.71. The molecule has 0 radical (unpaired) electrons. The third kappa shape index (κ3) is 3.70. The number of likely N-dealkylation sites (N-methyl/N-ethyl adjacent to an activating group) is 1. The van der Waals surface area contributed by atoms with Gasteiger partial charge in [-0.1, -0.05) is 24.3 Å². The molecule has 0 aromatic heterocycles. The van der Waals surface area contributed by atoms with E-state index in [1.165, 1.54) is 0 Å². The van der Waals surface area contributed by atoms with Crippen molar-refractivity contribution in [3.63, 3.8) is 0 Å². The van der Waals surface area contributed by atoms with Crippen LogP contribution in [-0.4, -0.2) is 12.5 Å². The minimum Gasteiger partial charge on any atom is -0.312 e. The van der Waals surface area contributed by atoms with Crippen molar-refractivity contribution in [3.8, 4) is 6.07 Å². The molecule has 0 atom stereocenters. The molecule has 3 nitrogen and oxygen atoms in total. The number of nitriles is 1. The Morgan fingerprint density at radius 3 is 2.48 bits per heavy atom. The second-order valence-electron chi connectivity index (χ2n) is 4.96. The second-order valence-corrected chi connectivity index (χ2v) is 4.96. The molecule has 0 fully saturated rings. The molecule has 0 bridgehead atoms. The Bertz CT molecular complexity index is 668. The lowest BCUT2D eigenvalue weighted by molar-refractivity contribution is -0.117. The van der Waals surface area contributed by atoms with Crippen LogP contribution in [0, 0.1) is 18.3 Å². The van der Waals surface area contributed by atoms with Gasteiger partial charge in [0.15, 0.2) is 0 Å². The topological polar surface area (TPSA) is 44.1 Å². The lowest BCUT2D eigenvalue weighted by atomic mass is 10.1. The first-order valence-electron chi connectivity index (χ1n) is 7.00.